The zero-order chi connectivity index (χ0) is 15.2. The van der Waals surface area contributed by atoms with Crippen LogP contribution in [-0.4, -0.2) is 17.4 Å². The van der Waals surface area contributed by atoms with E-state index >= 15 is 0 Å². The molecule has 0 aliphatic heterocycles. The number of pyridine rings is 1. The summed E-state index contributed by atoms with van der Waals surface area (Å²) in [5.41, 5.74) is 2.20. The fourth-order valence-electron chi connectivity index (χ4n) is 1.90. The number of thiol groups is 1. The Morgan fingerprint density at radius 1 is 1.38 bits per heavy atom. The summed E-state index contributed by atoms with van der Waals surface area (Å²) in [5, 5.41) is 3.72. The summed E-state index contributed by atoms with van der Waals surface area (Å²) in [6.45, 7) is 7.72. The van der Waals surface area contributed by atoms with Crippen LogP contribution in [0.25, 0.3) is 10.9 Å². The number of carbonyl (C=O) groups excluding carboxylic acids is 1. The van der Waals surface area contributed by atoms with Gasteiger partial charge in [0.05, 0.1) is 11.1 Å². The van der Waals surface area contributed by atoms with Crippen molar-refractivity contribution in [3.05, 3.63) is 73.0 Å². The van der Waals surface area contributed by atoms with Gasteiger partial charge in [-0.2, -0.15) is 0 Å². The van der Waals surface area contributed by atoms with Crippen molar-refractivity contribution < 1.29 is 4.79 Å². The lowest BCUT2D eigenvalue weighted by Gasteiger charge is -2.07. The van der Waals surface area contributed by atoms with E-state index in [2.05, 4.69) is 36.1 Å². The number of amides is 1. The summed E-state index contributed by atoms with van der Waals surface area (Å²) in [4.78, 5) is 17.2. The van der Waals surface area contributed by atoms with Crippen molar-refractivity contribution in [2.24, 2.45) is 0 Å². The summed E-state index contributed by atoms with van der Waals surface area (Å²) in [7, 11) is 0. The number of fused-ring (bicyclic) bond motifs is 1. The Balaban J connectivity index is 2.18. The molecule has 1 amide bonds. The molecule has 0 aliphatic carbocycles. The highest BCUT2D eigenvalue weighted by Crippen LogP contribution is 2.20. The predicted molar refractivity (Wildman–Crippen MR) is 89.8 cm³/mol. The van der Waals surface area contributed by atoms with Gasteiger partial charge in [0, 0.05) is 23.0 Å². The van der Waals surface area contributed by atoms with Gasteiger partial charge in [0.25, 0.3) is 5.91 Å². The monoisotopic (exact) mass is 296 g/mol. The molecule has 21 heavy (non-hydrogen) atoms. The van der Waals surface area contributed by atoms with Crippen LogP contribution in [0.15, 0.2) is 72.3 Å². The molecule has 1 N–H and O–H groups in total. The van der Waals surface area contributed by atoms with E-state index in [1.54, 1.807) is 24.4 Å². The Hall–Kier alpha value is -2.33. The van der Waals surface area contributed by atoms with Gasteiger partial charge in [0.1, 0.15) is 0 Å². The summed E-state index contributed by atoms with van der Waals surface area (Å²) < 4.78 is 0. The molecule has 0 fully saturated rings. The molecule has 0 unspecified atom stereocenters. The molecule has 0 aliphatic rings. The van der Waals surface area contributed by atoms with E-state index in [1.807, 2.05) is 24.3 Å². The molecule has 0 saturated carbocycles. The Bertz CT molecular complexity index is 735. The second-order valence-electron chi connectivity index (χ2n) is 4.44. The second-order valence-corrected chi connectivity index (χ2v) is 4.92. The molecule has 0 bridgehead atoms. The van der Waals surface area contributed by atoms with Crippen LogP contribution in [0, 0.1) is 0 Å². The maximum atomic E-state index is 12.1. The topological polar surface area (TPSA) is 42.0 Å². The molecule has 0 saturated heterocycles. The van der Waals surface area contributed by atoms with Crippen LogP contribution >= 0.6 is 12.6 Å². The lowest BCUT2D eigenvalue weighted by Crippen LogP contribution is -2.25. The fourth-order valence-corrected chi connectivity index (χ4v) is 2.18. The summed E-state index contributed by atoms with van der Waals surface area (Å²) in [5.74, 6) is -0.175. The molecule has 106 valence electrons. The van der Waals surface area contributed by atoms with Gasteiger partial charge >= 0.3 is 0 Å². The highest BCUT2D eigenvalue weighted by Gasteiger charge is 2.08. The van der Waals surface area contributed by atoms with Gasteiger partial charge in [-0.1, -0.05) is 43.5 Å². The fraction of sp³-hybridized carbons (Fsp3) is 0.0588. The summed E-state index contributed by atoms with van der Waals surface area (Å²) in [6.07, 6.45) is 6.71. The molecule has 0 radical (unpaired) electrons. The third kappa shape index (κ3) is 3.61. The van der Waals surface area contributed by atoms with Crippen molar-refractivity contribution in [3.63, 3.8) is 0 Å². The number of hydrogen-bond donors (Lipinski definition) is 2. The maximum Gasteiger partial charge on any atom is 0.253 e. The van der Waals surface area contributed by atoms with Crippen molar-refractivity contribution in [1.82, 2.24) is 10.3 Å². The Kier molecular flexibility index (Phi) is 4.95. The Morgan fingerprint density at radius 3 is 2.90 bits per heavy atom. The minimum Gasteiger partial charge on any atom is -0.348 e. The Labute approximate surface area is 129 Å². The average Bonchev–Trinajstić information content (AvgIpc) is 2.51. The van der Waals surface area contributed by atoms with E-state index in [1.165, 1.54) is 0 Å². The van der Waals surface area contributed by atoms with Crippen LogP contribution in [0.1, 0.15) is 10.4 Å². The lowest BCUT2D eigenvalue weighted by molar-refractivity contribution is 0.0957. The number of para-hydroxylation sites is 1. The molecule has 2 aromatic rings. The minimum atomic E-state index is -0.175. The lowest BCUT2D eigenvalue weighted by atomic mass is 10.1. The van der Waals surface area contributed by atoms with Crippen LogP contribution in [-0.2, 0) is 0 Å². The van der Waals surface area contributed by atoms with Gasteiger partial charge in [0.2, 0.25) is 0 Å². The minimum absolute atomic E-state index is 0.175. The first-order valence-electron chi connectivity index (χ1n) is 6.45. The zero-order valence-corrected chi connectivity index (χ0v) is 12.4. The van der Waals surface area contributed by atoms with Gasteiger partial charge in [-0.3, -0.25) is 9.78 Å². The third-order valence-electron chi connectivity index (χ3n) is 3.00. The summed E-state index contributed by atoms with van der Waals surface area (Å²) >= 11 is 4.35. The van der Waals surface area contributed by atoms with Gasteiger partial charge in [-0.15, -0.1) is 12.6 Å². The smallest absolute Gasteiger partial charge is 0.253 e. The van der Waals surface area contributed by atoms with E-state index in [-0.39, 0.29) is 5.91 Å². The van der Waals surface area contributed by atoms with E-state index < -0.39 is 0 Å². The predicted octanol–water partition coefficient (Wildman–Crippen LogP) is 3.55. The van der Waals surface area contributed by atoms with Crippen molar-refractivity contribution in [2.45, 2.75) is 4.90 Å². The van der Waals surface area contributed by atoms with E-state index in [9.17, 15) is 4.79 Å². The third-order valence-corrected chi connectivity index (χ3v) is 3.36. The van der Waals surface area contributed by atoms with Crippen LogP contribution in [0.3, 0.4) is 0 Å². The van der Waals surface area contributed by atoms with E-state index in [4.69, 9.17) is 0 Å². The molecule has 4 heteroatoms. The summed E-state index contributed by atoms with van der Waals surface area (Å²) in [6, 6.07) is 7.47. The van der Waals surface area contributed by atoms with Crippen molar-refractivity contribution in [2.75, 3.05) is 6.54 Å². The molecule has 2 rings (SSSR count). The van der Waals surface area contributed by atoms with Gasteiger partial charge in [0.15, 0.2) is 0 Å². The van der Waals surface area contributed by atoms with Crippen molar-refractivity contribution in [3.8, 4) is 0 Å². The first-order chi connectivity index (χ1) is 10.2. The van der Waals surface area contributed by atoms with Gasteiger partial charge in [-0.05, 0) is 17.7 Å². The van der Waals surface area contributed by atoms with Crippen LogP contribution < -0.4 is 5.32 Å². The molecule has 1 aromatic carbocycles. The van der Waals surface area contributed by atoms with E-state index in [0.717, 1.165) is 21.4 Å². The molecule has 0 atom stereocenters. The zero-order valence-electron chi connectivity index (χ0n) is 11.5. The van der Waals surface area contributed by atoms with Crippen LogP contribution in [0.4, 0.5) is 0 Å². The molecule has 0 spiro atoms. The normalized spacial score (nSPS) is 11.2. The van der Waals surface area contributed by atoms with Crippen LogP contribution in [0.5, 0.6) is 0 Å². The van der Waals surface area contributed by atoms with Gasteiger partial charge in [-0.25, -0.2) is 0 Å². The molecule has 3 nitrogen and oxygen atoms in total. The number of benzene rings is 1. The quantitative estimate of drug-likeness (QED) is 0.654. The standard InChI is InChI=1S/C17H16N2OS/c1-3-6-12(4-2)10-19-17(20)14-9-13-7-5-8-15(21)16(13)18-11-14/h3-9,11,21H,1-2,10H2,(H,19,20)/b12-6+. The first kappa shape index (κ1) is 15.1. The number of nitrogens with zero attached hydrogens (tertiary/aromatic N) is 1. The number of carbonyl (C=O) groups is 1. The number of allylic oxidation sites excluding steroid dienone is 2. The molecule has 1 aromatic heterocycles. The number of hydrogen-bond acceptors (Lipinski definition) is 3. The van der Waals surface area contributed by atoms with Crippen molar-refractivity contribution >= 4 is 29.4 Å². The largest absolute Gasteiger partial charge is 0.348 e. The highest BCUT2D eigenvalue weighted by molar-refractivity contribution is 7.80. The second kappa shape index (κ2) is 6.90. The number of nitrogens with one attached hydrogen (secondary N) is 1. The van der Waals surface area contributed by atoms with Gasteiger partial charge < -0.3 is 5.32 Å². The molecular weight excluding hydrogens is 280 g/mol. The molecule has 1 heterocycles. The molecular formula is C17H16N2OS. The first-order valence-corrected chi connectivity index (χ1v) is 6.90. The van der Waals surface area contributed by atoms with E-state index in [0.29, 0.717) is 12.1 Å². The number of aromatic nitrogens is 1. The van der Waals surface area contributed by atoms with Crippen molar-refractivity contribution in [1.29, 1.82) is 0 Å². The maximum absolute atomic E-state index is 12.1. The Morgan fingerprint density at radius 2 is 2.19 bits per heavy atom. The van der Waals surface area contributed by atoms with Crippen LogP contribution in [0.2, 0.25) is 0 Å². The SMILES string of the molecule is C=C/C=C(\C=C)CNC(=O)c1cnc2c(S)cccc2c1. The highest BCUT2D eigenvalue weighted by atomic mass is 32.1. The average molecular weight is 296 g/mol. The number of rotatable bonds is 5.